The molecule has 2 fully saturated rings. The summed E-state index contributed by atoms with van der Waals surface area (Å²) in [6, 6.07) is 6.96. The Kier molecular flexibility index (Phi) is 7.57. The standard InChI is InChI=1S/C20H26N4O5/c25-18(24-8-1-2-9-24)14-29-16-6-3-5-15(11-16)12-22-23-20(27)19(26)21-13-17-7-4-10-28-17/h3,5-6,11-12,17H,1-2,4,7-10,13-14H2,(H,21,26)(H,23,27). The van der Waals surface area contributed by atoms with Gasteiger partial charge in [0, 0.05) is 26.2 Å². The van der Waals surface area contributed by atoms with Crippen molar-refractivity contribution in [2.24, 2.45) is 5.10 Å². The zero-order chi connectivity index (χ0) is 20.5. The Morgan fingerprint density at radius 1 is 1.21 bits per heavy atom. The van der Waals surface area contributed by atoms with Crippen LogP contribution in [0.3, 0.4) is 0 Å². The number of amides is 3. The van der Waals surface area contributed by atoms with Crippen molar-refractivity contribution in [3.8, 4) is 5.75 Å². The number of ether oxygens (including phenoxy) is 2. The van der Waals surface area contributed by atoms with Gasteiger partial charge in [-0.25, -0.2) is 5.43 Å². The lowest BCUT2D eigenvalue weighted by Crippen LogP contribution is -2.41. The topological polar surface area (TPSA) is 109 Å². The Balaban J connectivity index is 1.41. The molecule has 9 nitrogen and oxygen atoms in total. The first-order valence-electron chi connectivity index (χ1n) is 9.85. The first-order valence-corrected chi connectivity index (χ1v) is 9.85. The average Bonchev–Trinajstić information content (AvgIpc) is 3.44. The van der Waals surface area contributed by atoms with Crippen LogP contribution >= 0.6 is 0 Å². The van der Waals surface area contributed by atoms with Gasteiger partial charge in [-0.05, 0) is 43.4 Å². The summed E-state index contributed by atoms with van der Waals surface area (Å²) < 4.78 is 10.9. The van der Waals surface area contributed by atoms with Gasteiger partial charge in [0.15, 0.2) is 6.61 Å². The number of nitrogens with one attached hydrogen (secondary N) is 2. The summed E-state index contributed by atoms with van der Waals surface area (Å²) in [6.07, 6.45) is 5.29. The van der Waals surface area contributed by atoms with Crippen LogP contribution in [0, 0.1) is 0 Å². The molecular weight excluding hydrogens is 376 g/mol. The van der Waals surface area contributed by atoms with E-state index in [1.54, 1.807) is 29.2 Å². The molecule has 3 amide bonds. The summed E-state index contributed by atoms with van der Waals surface area (Å²) in [5.41, 5.74) is 2.85. The summed E-state index contributed by atoms with van der Waals surface area (Å²) in [7, 11) is 0. The van der Waals surface area contributed by atoms with Gasteiger partial charge < -0.3 is 19.7 Å². The molecule has 2 aliphatic heterocycles. The minimum atomic E-state index is -0.845. The third-order valence-electron chi connectivity index (χ3n) is 4.78. The van der Waals surface area contributed by atoms with E-state index in [1.807, 2.05) is 0 Å². The predicted molar refractivity (Wildman–Crippen MR) is 105 cm³/mol. The van der Waals surface area contributed by atoms with Crippen LogP contribution in [-0.4, -0.2) is 67.8 Å². The first-order chi connectivity index (χ1) is 14.1. The normalized spacial score (nSPS) is 18.8. The molecule has 2 aliphatic rings. The van der Waals surface area contributed by atoms with Gasteiger partial charge in [-0.15, -0.1) is 0 Å². The number of likely N-dealkylation sites (tertiary alicyclic amines) is 1. The molecule has 2 N–H and O–H groups in total. The van der Waals surface area contributed by atoms with Gasteiger partial charge in [-0.2, -0.15) is 5.10 Å². The molecule has 0 aliphatic carbocycles. The van der Waals surface area contributed by atoms with E-state index < -0.39 is 11.8 Å². The molecule has 156 valence electrons. The van der Waals surface area contributed by atoms with Crippen LogP contribution in [0.5, 0.6) is 5.75 Å². The van der Waals surface area contributed by atoms with E-state index in [2.05, 4.69) is 15.8 Å². The third-order valence-corrected chi connectivity index (χ3v) is 4.78. The molecule has 0 saturated carbocycles. The van der Waals surface area contributed by atoms with Crippen molar-refractivity contribution in [2.75, 3.05) is 32.8 Å². The summed E-state index contributed by atoms with van der Waals surface area (Å²) in [5.74, 6) is -1.09. The fourth-order valence-electron chi connectivity index (χ4n) is 3.20. The highest BCUT2D eigenvalue weighted by Crippen LogP contribution is 2.13. The lowest BCUT2D eigenvalue weighted by Gasteiger charge is -2.15. The highest BCUT2D eigenvalue weighted by Gasteiger charge is 2.19. The second kappa shape index (κ2) is 10.6. The fraction of sp³-hybridized carbons (Fsp3) is 0.500. The number of benzene rings is 1. The molecule has 1 aromatic carbocycles. The van der Waals surface area contributed by atoms with E-state index in [0.717, 1.165) is 38.8 Å². The molecule has 3 rings (SSSR count). The molecule has 0 radical (unpaired) electrons. The second-order valence-corrected chi connectivity index (χ2v) is 6.99. The summed E-state index contributed by atoms with van der Waals surface area (Å²) in [4.78, 5) is 37.3. The number of hydrogen-bond donors (Lipinski definition) is 2. The minimum absolute atomic E-state index is 0.0117. The van der Waals surface area contributed by atoms with E-state index in [-0.39, 0.29) is 18.6 Å². The van der Waals surface area contributed by atoms with E-state index in [0.29, 0.717) is 24.5 Å². The highest BCUT2D eigenvalue weighted by atomic mass is 16.5. The summed E-state index contributed by atoms with van der Waals surface area (Å²) in [5, 5.41) is 6.32. The Morgan fingerprint density at radius 2 is 2.03 bits per heavy atom. The SMILES string of the molecule is O=C(NCC1CCCO1)C(=O)NN=Cc1cccc(OCC(=O)N2CCCC2)c1. The molecule has 2 saturated heterocycles. The maximum Gasteiger partial charge on any atom is 0.329 e. The lowest BCUT2D eigenvalue weighted by molar-refractivity contribution is -0.139. The van der Waals surface area contributed by atoms with Crippen LogP contribution in [0.15, 0.2) is 29.4 Å². The Bertz CT molecular complexity index is 755. The Hall–Kier alpha value is -2.94. The molecule has 29 heavy (non-hydrogen) atoms. The smallest absolute Gasteiger partial charge is 0.329 e. The Labute approximate surface area is 169 Å². The van der Waals surface area contributed by atoms with Crippen molar-refractivity contribution < 1.29 is 23.9 Å². The number of carbonyl (C=O) groups excluding carboxylic acids is 3. The Morgan fingerprint density at radius 3 is 2.79 bits per heavy atom. The van der Waals surface area contributed by atoms with Gasteiger partial charge in [0.25, 0.3) is 5.91 Å². The van der Waals surface area contributed by atoms with Gasteiger partial charge in [0.1, 0.15) is 5.75 Å². The van der Waals surface area contributed by atoms with Crippen LogP contribution in [0.2, 0.25) is 0 Å². The van der Waals surface area contributed by atoms with Gasteiger partial charge in [-0.1, -0.05) is 12.1 Å². The highest BCUT2D eigenvalue weighted by molar-refractivity contribution is 6.35. The minimum Gasteiger partial charge on any atom is -0.484 e. The van der Waals surface area contributed by atoms with E-state index >= 15 is 0 Å². The number of carbonyl (C=O) groups is 3. The molecule has 0 bridgehead atoms. The van der Waals surface area contributed by atoms with Crippen molar-refractivity contribution in [3.63, 3.8) is 0 Å². The number of rotatable bonds is 7. The fourth-order valence-corrected chi connectivity index (χ4v) is 3.20. The van der Waals surface area contributed by atoms with Crippen molar-refractivity contribution in [3.05, 3.63) is 29.8 Å². The monoisotopic (exact) mass is 402 g/mol. The van der Waals surface area contributed by atoms with Crippen LogP contribution in [0.4, 0.5) is 0 Å². The van der Waals surface area contributed by atoms with Gasteiger partial charge in [0.05, 0.1) is 12.3 Å². The second-order valence-electron chi connectivity index (χ2n) is 6.99. The van der Waals surface area contributed by atoms with Crippen LogP contribution in [0.25, 0.3) is 0 Å². The number of nitrogens with zero attached hydrogens (tertiary/aromatic N) is 2. The molecule has 1 aromatic rings. The maximum absolute atomic E-state index is 12.0. The van der Waals surface area contributed by atoms with Gasteiger partial charge in [-0.3, -0.25) is 14.4 Å². The number of hydrazone groups is 1. The summed E-state index contributed by atoms with van der Waals surface area (Å²) >= 11 is 0. The van der Waals surface area contributed by atoms with Crippen molar-refractivity contribution in [1.29, 1.82) is 0 Å². The molecule has 1 unspecified atom stereocenters. The maximum atomic E-state index is 12.0. The average molecular weight is 402 g/mol. The first kappa shape index (κ1) is 20.8. The lowest BCUT2D eigenvalue weighted by atomic mass is 10.2. The molecule has 0 spiro atoms. The zero-order valence-corrected chi connectivity index (χ0v) is 16.3. The van der Waals surface area contributed by atoms with Gasteiger partial charge in [0.2, 0.25) is 0 Å². The third kappa shape index (κ3) is 6.56. The quantitative estimate of drug-likeness (QED) is 0.391. The van der Waals surface area contributed by atoms with Crippen molar-refractivity contribution in [1.82, 2.24) is 15.6 Å². The predicted octanol–water partition coefficient (Wildman–Crippen LogP) is 0.433. The van der Waals surface area contributed by atoms with Crippen LogP contribution in [0.1, 0.15) is 31.2 Å². The largest absolute Gasteiger partial charge is 0.484 e. The van der Waals surface area contributed by atoms with E-state index in [1.165, 1.54) is 6.21 Å². The van der Waals surface area contributed by atoms with E-state index in [9.17, 15) is 14.4 Å². The molecule has 1 atom stereocenters. The molecular formula is C20H26N4O5. The van der Waals surface area contributed by atoms with E-state index in [4.69, 9.17) is 9.47 Å². The van der Waals surface area contributed by atoms with Crippen molar-refractivity contribution >= 4 is 23.9 Å². The summed E-state index contributed by atoms with van der Waals surface area (Å²) in [6.45, 7) is 2.56. The molecule has 0 aromatic heterocycles. The van der Waals surface area contributed by atoms with Crippen molar-refractivity contribution in [2.45, 2.75) is 31.8 Å². The molecule has 2 heterocycles. The van der Waals surface area contributed by atoms with Crippen LogP contribution in [-0.2, 0) is 19.1 Å². The number of hydrogen-bond acceptors (Lipinski definition) is 6. The van der Waals surface area contributed by atoms with Gasteiger partial charge >= 0.3 is 11.8 Å². The zero-order valence-electron chi connectivity index (χ0n) is 16.3. The van der Waals surface area contributed by atoms with Crippen LogP contribution < -0.4 is 15.5 Å². The molecule has 9 heteroatoms.